The Bertz CT molecular complexity index is 1250. The van der Waals surface area contributed by atoms with Crippen LogP contribution < -0.4 is 34.4 Å². The fourth-order valence-electron chi connectivity index (χ4n) is 3.95. The number of hydrogen-bond acceptors (Lipinski definition) is 6. The maximum Gasteiger partial charge on any atom is 0.0554 e. The maximum atomic E-state index is 6.57. The van der Waals surface area contributed by atoms with Gasteiger partial charge in [-0.2, -0.15) is 0 Å². The van der Waals surface area contributed by atoms with Gasteiger partial charge in [-0.25, -0.2) is 0 Å². The molecule has 0 aromatic heterocycles. The molecule has 6 nitrogen and oxygen atoms in total. The van der Waals surface area contributed by atoms with Crippen LogP contribution in [0.3, 0.4) is 0 Å². The third-order valence-corrected chi connectivity index (χ3v) is 5.52. The Kier molecular flexibility index (Phi) is 3.02. The van der Waals surface area contributed by atoms with Gasteiger partial charge in [0, 0.05) is 32.9 Å². The molecule has 0 atom stereocenters. The molecular weight excluding hydrogens is 348 g/mol. The Morgan fingerprint density at radius 3 is 0.750 bits per heavy atom. The van der Waals surface area contributed by atoms with E-state index in [4.69, 9.17) is 34.4 Å². The smallest absolute Gasteiger partial charge is 0.0554 e. The first kappa shape index (κ1) is 16.1. The summed E-state index contributed by atoms with van der Waals surface area (Å²) in [5, 5.41) is 7.36. The summed E-state index contributed by atoms with van der Waals surface area (Å²) in [6.45, 7) is 0. The molecule has 5 rings (SSSR count). The van der Waals surface area contributed by atoms with Gasteiger partial charge in [0.1, 0.15) is 0 Å². The van der Waals surface area contributed by atoms with Gasteiger partial charge in [-0.05, 0) is 70.1 Å². The van der Waals surface area contributed by atoms with Crippen molar-refractivity contribution in [1.82, 2.24) is 0 Å². The van der Waals surface area contributed by atoms with Gasteiger partial charge in [0.2, 0.25) is 0 Å². The molecule has 0 fully saturated rings. The highest BCUT2D eigenvalue weighted by molar-refractivity contribution is 6.23. The van der Waals surface area contributed by atoms with Crippen molar-refractivity contribution in [3.05, 3.63) is 48.5 Å². The lowest BCUT2D eigenvalue weighted by molar-refractivity contribution is 1.71. The predicted molar refractivity (Wildman–Crippen MR) is 123 cm³/mol. The fourth-order valence-corrected chi connectivity index (χ4v) is 3.95. The molecule has 138 valence electrons. The Labute approximate surface area is 160 Å². The monoisotopic (exact) mass is 368 g/mol. The SMILES string of the molecule is Nc1cc2cc3c(N)c4cc5cc(N)c(N)cc5cc4c(N)c3cc2cc1N. The van der Waals surface area contributed by atoms with Gasteiger partial charge in [0.05, 0.1) is 22.7 Å². The Morgan fingerprint density at radius 1 is 0.321 bits per heavy atom. The van der Waals surface area contributed by atoms with Crippen molar-refractivity contribution >= 4 is 77.2 Å². The molecule has 0 aliphatic carbocycles. The summed E-state index contributed by atoms with van der Waals surface area (Å²) < 4.78 is 0. The molecule has 0 bridgehead atoms. The molecule has 0 aliphatic rings. The second-order valence-electron chi connectivity index (χ2n) is 7.28. The van der Waals surface area contributed by atoms with E-state index in [2.05, 4.69) is 0 Å². The van der Waals surface area contributed by atoms with E-state index in [1.165, 1.54) is 0 Å². The normalized spacial score (nSPS) is 11.7. The zero-order valence-corrected chi connectivity index (χ0v) is 15.1. The largest absolute Gasteiger partial charge is 0.398 e. The van der Waals surface area contributed by atoms with E-state index in [0.29, 0.717) is 34.1 Å². The molecule has 0 radical (unpaired) electrons. The molecule has 0 unspecified atom stereocenters. The summed E-state index contributed by atoms with van der Waals surface area (Å²) >= 11 is 0. The van der Waals surface area contributed by atoms with Crippen LogP contribution >= 0.6 is 0 Å². The van der Waals surface area contributed by atoms with E-state index in [-0.39, 0.29) is 0 Å². The predicted octanol–water partition coefficient (Wildman–Crippen LogP) is 3.79. The number of benzene rings is 5. The third-order valence-electron chi connectivity index (χ3n) is 5.52. The molecular formula is C22H20N6. The maximum absolute atomic E-state index is 6.57. The van der Waals surface area contributed by atoms with Crippen molar-refractivity contribution < 1.29 is 0 Å². The summed E-state index contributed by atoms with van der Waals surface area (Å²) in [6, 6.07) is 15.4. The quantitative estimate of drug-likeness (QED) is 0.139. The first-order valence-electron chi connectivity index (χ1n) is 8.85. The van der Waals surface area contributed by atoms with Crippen molar-refractivity contribution in [2.75, 3.05) is 34.4 Å². The number of nitrogens with two attached hydrogens (primary N) is 6. The van der Waals surface area contributed by atoms with E-state index in [1.54, 1.807) is 0 Å². The van der Waals surface area contributed by atoms with Crippen LogP contribution in [0.15, 0.2) is 48.5 Å². The first-order valence-corrected chi connectivity index (χ1v) is 8.85. The number of hydrogen-bond donors (Lipinski definition) is 6. The van der Waals surface area contributed by atoms with Gasteiger partial charge >= 0.3 is 0 Å². The third kappa shape index (κ3) is 2.08. The lowest BCUT2D eigenvalue weighted by Crippen LogP contribution is -1.98. The molecule has 12 N–H and O–H groups in total. The first-order chi connectivity index (χ1) is 13.3. The summed E-state index contributed by atoms with van der Waals surface area (Å²) in [7, 11) is 0. The van der Waals surface area contributed by atoms with Crippen LogP contribution in [0.2, 0.25) is 0 Å². The minimum Gasteiger partial charge on any atom is -0.398 e. The second kappa shape index (κ2) is 5.23. The molecule has 28 heavy (non-hydrogen) atoms. The number of rotatable bonds is 0. The van der Waals surface area contributed by atoms with Gasteiger partial charge in [-0.1, -0.05) is 0 Å². The van der Waals surface area contributed by atoms with Crippen molar-refractivity contribution in [3.63, 3.8) is 0 Å². The number of anilines is 6. The van der Waals surface area contributed by atoms with Gasteiger partial charge in [0.25, 0.3) is 0 Å². The van der Waals surface area contributed by atoms with Crippen LogP contribution in [-0.2, 0) is 0 Å². The lowest BCUT2D eigenvalue weighted by Gasteiger charge is -2.15. The number of nitrogen functional groups attached to an aromatic ring is 6. The molecule has 0 spiro atoms. The van der Waals surface area contributed by atoms with Crippen molar-refractivity contribution in [2.24, 2.45) is 0 Å². The Hall–Kier alpha value is -4.06. The van der Waals surface area contributed by atoms with Gasteiger partial charge in [-0.3, -0.25) is 0 Å². The average molecular weight is 368 g/mol. The Morgan fingerprint density at radius 2 is 0.536 bits per heavy atom. The van der Waals surface area contributed by atoms with Crippen molar-refractivity contribution in [3.8, 4) is 0 Å². The standard InChI is InChI=1S/C22H20N6/c23-17-5-9-1-13-14(2-10(9)6-18(17)24)22(28)16-4-12-8-20(26)19(25)7-11(12)3-15(16)21(13)27/h1-8H,23-28H2. The average Bonchev–Trinajstić information content (AvgIpc) is 2.66. The molecule has 0 heterocycles. The van der Waals surface area contributed by atoms with Gasteiger partial charge < -0.3 is 34.4 Å². The van der Waals surface area contributed by atoms with Crippen LogP contribution in [0, 0.1) is 0 Å². The zero-order chi connectivity index (χ0) is 19.7. The topological polar surface area (TPSA) is 156 Å². The molecule has 5 aromatic rings. The van der Waals surface area contributed by atoms with E-state index in [1.807, 2.05) is 48.5 Å². The minimum atomic E-state index is 0.540. The van der Waals surface area contributed by atoms with Crippen LogP contribution in [0.4, 0.5) is 34.1 Å². The highest BCUT2D eigenvalue weighted by Gasteiger charge is 2.13. The van der Waals surface area contributed by atoms with Crippen molar-refractivity contribution in [2.45, 2.75) is 0 Å². The van der Waals surface area contributed by atoms with Crippen LogP contribution in [-0.4, -0.2) is 0 Å². The minimum absolute atomic E-state index is 0.540. The lowest BCUT2D eigenvalue weighted by atomic mass is 9.93. The summed E-state index contributed by atoms with van der Waals surface area (Å²) in [6.07, 6.45) is 0. The van der Waals surface area contributed by atoms with E-state index in [9.17, 15) is 0 Å². The highest BCUT2D eigenvalue weighted by Crippen LogP contribution is 2.41. The summed E-state index contributed by atoms with van der Waals surface area (Å²) in [5.74, 6) is 0. The number of fused-ring (bicyclic) bond motifs is 4. The molecule has 0 saturated carbocycles. The highest BCUT2D eigenvalue weighted by atomic mass is 14.7. The zero-order valence-electron chi connectivity index (χ0n) is 15.1. The fraction of sp³-hybridized carbons (Fsp3) is 0. The van der Waals surface area contributed by atoms with E-state index >= 15 is 0 Å². The summed E-state index contributed by atoms with van der Waals surface area (Å²) in [4.78, 5) is 0. The van der Waals surface area contributed by atoms with E-state index < -0.39 is 0 Å². The molecule has 6 heteroatoms. The molecule has 0 amide bonds. The second-order valence-corrected chi connectivity index (χ2v) is 7.28. The molecule has 5 aromatic carbocycles. The van der Waals surface area contributed by atoms with Crippen LogP contribution in [0.5, 0.6) is 0 Å². The van der Waals surface area contributed by atoms with Gasteiger partial charge in [0.15, 0.2) is 0 Å². The summed E-state index contributed by atoms with van der Waals surface area (Å²) in [5.41, 5.74) is 40.5. The molecule has 0 saturated heterocycles. The van der Waals surface area contributed by atoms with Crippen LogP contribution in [0.1, 0.15) is 0 Å². The van der Waals surface area contributed by atoms with Crippen LogP contribution in [0.25, 0.3) is 43.1 Å². The molecule has 0 aliphatic heterocycles. The van der Waals surface area contributed by atoms with E-state index in [0.717, 1.165) is 43.1 Å². The Balaban J connectivity index is 1.97. The van der Waals surface area contributed by atoms with Crippen molar-refractivity contribution in [1.29, 1.82) is 0 Å². The van der Waals surface area contributed by atoms with Gasteiger partial charge in [-0.15, -0.1) is 0 Å².